The van der Waals surface area contributed by atoms with Crippen molar-refractivity contribution < 1.29 is 4.79 Å². The van der Waals surface area contributed by atoms with E-state index in [1.54, 1.807) is 16.6 Å². The smallest absolute Gasteiger partial charge is 0.274 e. The van der Waals surface area contributed by atoms with E-state index in [9.17, 15) is 4.79 Å². The summed E-state index contributed by atoms with van der Waals surface area (Å²) in [7, 11) is 3.61. The molecule has 2 rings (SSSR count). The van der Waals surface area contributed by atoms with Crippen molar-refractivity contribution in [3.05, 3.63) is 11.4 Å². The molecule has 0 spiro atoms. The highest BCUT2D eigenvalue weighted by Gasteiger charge is 2.24. The number of hydrogen-bond acceptors (Lipinski definition) is 3. The monoisotopic (exact) mass is 250 g/mol. The second kappa shape index (κ2) is 5.00. The van der Waals surface area contributed by atoms with Crippen molar-refractivity contribution in [2.45, 2.75) is 32.6 Å². The summed E-state index contributed by atoms with van der Waals surface area (Å²) in [5.41, 5.74) is 7.65. The quantitative estimate of drug-likeness (QED) is 0.885. The van der Waals surface area contributed by atoms with Gasteiger partial charge in [0.2, 0.25) is 0 Å². The fraction of sp³-hybridized carbons (Fsp3) is 0.692. The van der Waals surface area contributed by atoms with Gasteiger partial charge in [-0.15, -0.1) is 0 Å². The van der Waals surface area contributed by atoms with E-state index in [1.807, 2.05) is 14.0 Å². The number of rotatable bonds is 3. The Hall–Kier alpha value is -1.52. The zero-order valence-corrected chi connectivity index (χ0v) is 11.4. The van der Waals surface area contributed by atoms with Gasteiger partial charge in [0, 0.05) is 20.6 Å². The minimum Gasteiger partial charge on any atom is -0.395 e. The molecular formula is C13H22N4O. The molecule has 100 valence electrons. The van der Waals surface area contributed by atoms with Crippen LogP contribution in [0.2, 0.25) is 0 Å². The molecule has 1 aliphatic rings. The molecule has 5 nitrogen and oxygen atoms in total. The van der Waals surface area contributed by atoms with Crippen LogP contribution in [0.1, 0.15) is 41.9 Å². The van der Waals surface area contributed by atoms with E-state index in [0.717, 1.165) is 12.2 Å². The Balaban J connectivity index is 2.10. The topological polar surface area (TPSA) is 64.2 Å². The van der Waals surface area contributed by atoms with Gasteiger partial charge in [-0.05, 0) is 25.7 Å². The number of amides is 1. The van der Waals surface area contributed by atoms with Crippen molar-refractivity contribution in [3.63, 3.8) is 0 Å². The average molecular weight is 250 g/mol. The van der Waals surface area contributed by atoms with Gasteiger partial charge in [0.15, 0.2) is 0 Å². The summed E-state index contributed by atoms with van der Waals surface area (Å²) >= 11 is 0. The van der Waals surface area contributed by atoms with Crippen LogP contribution in [0.3, 0.4) is 0 Å². The molecule has 0 radical (unpaired) electrons. The number of aryl methyl sites for hydroxylation is 2. The van der Waals surface area contributed by atoms with E-state index in [0.29, 0.717) is 17.3 Å². The van der Waals surface area contributed by atoms with E-state index in [1.165, 1.54) is 25.7 Å². The average Bonchev–Trinajstić information content (AvgIpc) is 2.88. The molecule has 1 heterocycles. The number of hydrogen-bond donors (Lipinski definition) is 1. The Labute approximate surface area is 108 Å². The summed E-state index contributed by atoms with van der Waals surface area (Å²) < 4.78 is 1.58. The van der Waals surface area contributed by atoms with Crippen molar-refractivity contribution in [2.24, 2.45) is 13.0 Å². The summed E-state index contributed by atoms with van der Waals surface area (Å²) in [4.78, 5) is 14.2. The third kappa shape index (κ3) is 2.35. The summed E-state index contributed by atoms with van der Waals surface area (Å²) in [5.74, 6) is 0.622. The SMILES string of the molecule is Cc1nn(C)c(C(=O)N(C)CC2CCCC2)c1N. The lowest BCUT2D eigenvalue weighted by Gasteiger charge is -2.21. The van der Waals surface area contributed by atoms with Crippen molar-refractivity contribution in [2.75, 3.05) is 19.3 Å². The lowest BCUT2D eigenvalue weighted by molar-refractivity contribution is 0.0763. The molecule has 1 amide bonds. The standard InChI is InChI=1S/C13H22N4O/c1-9-11(14)12(17(3)15-9)13(18)16(2)8-10-6-4-5-7-10/h10H,4-8,14H2,1-3H3. The van der Waals surface area contributed by atoms with Gasteiger partial charge in [0.1, 0.15) is 5.69 Å². The summed E-state index contributed by atoms with van der Waals surface area (Å²) in [5, 5.41) is 4.19. The summed E-state index contributed by atoms with van der Waals surface area (Å²) in [6.07, 6.45) is 5.05. The molecule has 0 aliphatic heterocycles. The predicted molar refractivity (Wildman–Crippen MR) is 71.3 cm³/mol. The molecule has 1 aliphatic carbocycles. The molecule has 1 fully saturated rings. The molecule has 0 saturated heterocycles. The first kappa shape index (κ1) is 12.9. The third-order valence-corrected chi connectivity index (χ3v) is 3.82. The largest absolute Gasteiger partial charge is 0.395 e. The number of nitrogens with two attached hydrogens (primary N) is 1. The van der Waals surface area contributed by atoms with Gasteiger partial charge in [0.25, 0.3) is 5.91 Å². The summed E-state index contributed by atoms with van der Waals surface area (Å²) in [6.45, 7) is 2.64. The highest BCUT2D eigenvalue weighted by molar-refractivity contribution is 5.97. The van der Waals surface area contributed by atoms with Crippen LogP contribution in [-0.2, 0) is 7.05 Å². The second-order valence-electron chi connectivity index (χ2n) is 5.31. The van der Waals surface area contributed by atoms with Crippen molar-refractivity contribution >= 4 is 11.6 Å². The Kier molecular flexibility index (Phi) is 3.59. The minimum atomic E-state index is -0.0255. The molecule has 0 unspecified atom stereocenters. The second-order valence-corrected chi connectivity index (χ2v) is 5.31. The maximum absolute atomic E-state index is 12.4. The molecular weight excluding hydrogens is 228 g/mol. The minimum absolute atomic E-state index is 0.0255. The normalized spacial score (nSPS) is 16.2. The zero-order valence-electron chi connectivity index (χ0n) is 11.4. The summed E-state index contributed by atoms with van der Waals surface area (Å²) in [6, 6.07) is 0. The van der Waals surface area contributed by atoms with Crippen LogP contribution in [0.4, 0.5) is 5.69 Å². The maximum atomic E-state index is 12.4. The molecule has 2 N–H and O–H groups in total. The van der Waals surface area contributed by atoms with Crippen LogP contribution < -0.4 is 5.73 Å². The first-order chi connectivity index (χ1) is 8.50. The van der Waals surface area contributed by atoms with Gasteiger partial charge >= 0.3 is 0 Å². The van der Waals surface area contributed by atoms with E-state index < -0.39 is 0 Å². The van der Waals surface area contributed by atoms with Crippen LogP contribution in [0, 0.1) is 12.8 Å². The van der Waals surface area contributed by atoms with Gasteiger partial charge in [-0.3, -0.25) is 9.48 Å². The molecule has 0 atom stereocenters. The first-order valence-corrected chi connectivity index (χ1v) is 6.55. The highest BCUT2D eigenvalue weighted by Crippen LogP contribution is 2.26. The van der Waals surface area contributed by atoms with Crippen LogP contribution in [0.15, 0.2) is 0 Å². The molecule has 0 aromatic carbocycles. The van der Waals surface area contributed by atoms with Crippen molar-refractivity contribution in [1.82, 2.24) is 14.7 Å². The Morgan fingerprint density at radius 2 is 2.11 bits per heavy atom. The van der Waals surface area contributed by atoms with E-state index in [4.69, 9.17) is 5.73 Å². The van der Waals surface area contributed by atoms with Crippen LogP contribution in [0.25, 0.3) is 0 Å². The fourth-order valence-corrected chi connectivity index (χ4v) is 2.77. The van der Waals surface area contributed by atoms with Crippen LogP contribution in [0.5, 0.6) is 0 Å². The van der Waals surface area contributed by atoms with E-state index in [2.05, 4.69) is 5.10 Å². The fourth-order valence-electron chi connectivity index (χ4n) is 2.77. The predicted octanol–water partition coefficient (Wildman–Crippen LogP) is 1.57. The molecule has 0 bridgehead atoms. The molecule has 1 saturated carbocycles. The number of carbonyl (C=O) groups excluding carboxylic acids is 1. The van der Waals surface area contributed by atoms with Crippen LogP contribution in [-0.4, -0.2) is 34.2 Å². The van der Waals surface area contributed by atoms with E-state index >= 15 is 0 Å². The number of carbonyl (C=O) groups is 1. The Morgan fingerprint density at radius 1 is 1.50 bits per heavy atom. The van der Waals surface area contributed by atoms with Crippen molar-refractivity contribution in [3.8, 4) is 0 Å². The van der Waals surface area contributed by atoms with Gasteiger partial charge in [0.05, 0.1) is 11.4 Å². The Bertz CT molecular complexity index is 446. The highest BCUT2D eigenvalue weighted by atomic mass is 16.2. The number of nitrogens with zero attached hydrogens (tertiary/aromatic N) is 3. The van der Waals surface area contributed by atoms with Crippen LogP contribution >= 0.6 is 0 Å². The maximum Gasteiger partial charge on any atom is 0.274 e. The molecule has 1 aromatic heterocycles. The van der Waals surface area contributed by atoms with Crippen molar-refractivity contribution in [1.29, 1.82) is 0 Å². The number of anilines is 1. The molecule has 18 heavy (non-hydrogen) atoms. The van der Waals surface area contributed by atoms with Gasteiger partial charge in [-0.25, -0.2) is 0 Å². The molecule has 5 heteroatoms. The third-order valence-electron chi connectivity index (χ3n) is 3.82. The number of nitrogen functional groups attached to an aromatic ring is 1. The first-order valence-electron chi connectivity index (χ1n) is 6.55. The zero-order chi connectivity index (χ0) is 13.3. The van der Waals surface area contributed by atoms with Gasteiger partial charge in [-0.2, -0.15) is 5.10 Å². The molecule has 1 aromatic rings. The number of aromatic nitrogens is 2. The van der Waals surface area contributed by atoms with Gasteiger partial charge in [-0.1, -0.05) is 12.8 Å². The lowest BCUT2D eigenvalue weighted by Crippen LogP contribution is -2.32. The van der Waals surface area contributed by atoms with Gasteiger partial charge < -0.3 is 10.6 Å². The lowest BCUT2D eigenvalue weighted by atomic mass is 10.1. The van der Waals surface area contributed by atoms with E-state index in [-0.39, 0.29) is 5.91 Å². The Morgan fingerprint density at radius 3 is 2.61 bits per heavy atom.